The van der Waals surface area contributed by atoms with E-state index in [1.165, 1.54) is 7.11 Å². The van der Waals surface area contributed by atoms with Gasteiger partial charge in [0.15, 0.2) is 0 Å². The molecule has 3 nitrogen and oxygen atoms in total. The molecule has 1 aromatic heterocycles. The number of carbonyl (C=O) groups is 1. The average molecular weight is 275 g/mol. The summed E-state index contributed by atoms with van der Waals surface area (Å²) in [6.07, 6.45) is 7.27. The van der Waals surface area contributed by atoms with E-state index in [4.69, 9.17) is 11.2 Å². The van der Waals surface area contributed by atoms with Crippen molar-refractivity contribution in [3.63, 3.8) is 0 Å². The molecule has 0 saturated heterocycles. The van der Waals surface area contributed by atoms with E-state index in [1.54, 1.807) is 12.3 Å². The van der Waals surface area contributed by atoms with E-state index in [-0.39, 0.29) is 5.97 Å². The highest BCUT2D eigenvalue weighted by atomic mass is 16.5. The first-order valence-electron chi connectivity index (χ1n) is 6.50. The molecule has 0 aliphatic carbocycles. The number of ether oxygens (including phenoxy) is 1. The zero-order valence-electron chi connectivity index (χ0n) is 11.5. The molecule has 0 spiro atoms. The third-order valence-electron chi connectivity index (χ3n) is 3.48. The van der Waals surface area contributed by atoms with Crippen molar-refractivity contribution in [2.75, 3.05) is 7.11 Å². The molecule has 3 heteroatoms. The molecule has 0 unspecified atom stereocenters. The molecule has 3 rings (SSSR count). The van der Waals surface area contributed by atoms with Crippen LogP contribution in [0, 0.1) is 12.3 Å². The monoisotopic (exact) mass is 275 g/mol. The summed E-state index contributed by atoms with van der Waals surface area (Å²) in [5.41, 5.74) is 4.10. The van der Waals surface area contributed by atoms with Gasteiger partial charge in [-0.3, -0.25) is 0 Å². The van der Waals surface area contributed by atoms with Gasteiger partial charge in [-0.1, -0.05) is 36.3 Å². The fourth-order valence-corrected chi connectivity index (χ4v) is 2.44. The Morgan fingerprint density at radius 2 is 2.05 bits per heavy atom. The molecule has 0 fully saturated rings. The van der Waals surface area contributed by atoms with E-state index in [1.807, 2.05) is 36.4 Å². The average Bonchev–Trinajstić information content (AvgIpc) is 2.96. The van der Waals surface area contributed by atoms with Gasteiger partial charge in [-0.25, -0.2) is 4.79 Å². The van der Waals surface area contributed by atoms with E-state index in [0.717, 1.165) is 27.6 Å². The standard InChI is InChI=1S/C18H13NO2/c1-3-12-11-19-17-10-13(8-9-15(12)17)14-6-4-5-7-16(14)18(20)21-2/h1,4-11,19H,2H3. The summed E-state index contributed by atoms with van der Waals surface area (Å²) in [5.74, 6) is 2.30. The number of fused-ring (bicyclic) bond motifs is 1. The van der Waals surface area contributed by atoms with Crippen molar-refractivity contribution in [2.45, 2.75) is 0 Å². The number of aromatic amines is 1. The van der Waals surface area contributed by atoms with Crippen molar-refractivity contribution in [3.05, 3.63) is 59.8 Å². The van der Waals surface area contributed by atoms with Crippen LogP contribution in [0.4, 0.5) is 0 Å². The largest absolute Gasteiger partial charge is 0.465 e. The Balaban J connectivity index is 2.18. The third kappa shape index (κ3) is 2.17. The van der Waals surface area contributed by atoms with Crippen molar-refractivity contribution < 1.29 is 9.53 Å². The number of hydrogen-bond donors (Lipinski definition) is 1. The normalized spacial score (nSPS) is 10.3. The number of methoxy groups -OCH3 is 1. The first kappa shape index (κ1) is 13.0. The number of H-pyrrole nitrogens is 1. The number of esters is 1. The van der Waals surface area contributed by atoms with Crippen LogP contribution in [0.5, 0.6) is 0 Å². The van der Waals surface area contributed by atoms with Crippen LogP contribution in [-0.2, 0) is 4.74 Å². The van der Waals surface area contributed by atoms with Crippen LogP contribution in [0.2, 0.25) is 0 Å². The Hall–Kier alpha value is -2.99. The van der Waals surface area contributed by atoms with Gasteiger partial charge < -0.3 is 9.72 Å². The highest BCUT2D eigenvalue weighted by Gasteiger charge is 2.13. The van der Waals surface area contributed by atoms with Crippen LogP contribution in [0.15, 0.2) is 48.7 Å². The molecule has 0 amide bonds. The number of carbonyl (C=O) groups excluding carboxylic acids is 1. The molecule has 0 aliphatic rings. The summed E-state index contributed by atoms with van der Waals surface area (Å²) in [7, 11) is 1.38. The fraction of sp³-hybridized carbons (Fsp3) is 0.0556. The Kier molecular flexibility index (Phi) is 3.21. The van der Waals surface area contributed by atoms with Gasteiger partial charge in [-0.2, -0.15) is 0 Å². The Labute approximate surface area is 122 Å². The highest BCUT2D eigenvalue weighted by Crippen LogP contribution is 2.28. The van der Waals surface area contributed by atoms with Gasteiger partial charge in [0.25, 0.3) is 0 Å². The van der Waals surface area contributed by atoms with Crippen LogP contribution in [0.25, 0.3) is 22.0 Å². The fourth-order valence-electron chi connectivity index (χ4n) is 2.44. The maximum absolute atomic E-state index is 11.9. The van der Waals surface area contributed by atoms with E-state index in [2.05, 4.69) is 10.9 Å². The van der Waals surface area contributed by atoms with Gasteiger partial charge in [0, 0.05) is 22.7 Å². The maximum Gasteiger partial charge on any atom is 0.338 e. The number of hydrogen-bond acceptors (Lipinski definition) is 2. The van der Waals surface area contributed by atoms with E-state index >= 15 is 0 Å². The number of benzene rings is 2. The lowest BCUT2D eigenvalue weighted by Gasteiger charge is -2.08. The zero-order valence-corrected chi connectivity index (χ0v) is 11.5. The Morgan fingerprint density at radius 3 is 2.81 bits per heavy atom. The minimum Gasteiger partial charge on any atom is -0.465 e. The number of nitrogens with one attached hydrogen (secondary N) is 1. The summed E-state index contributed by atoms with van der Waals surface area (Å²) in [6.45, 7) is 0. The number of aromatic nitrogens is 1. The number of rotatable bonds is 2. The Bertz CT molecular complexity index is 868. The SMILES string of the molecule is C#Cc1c[nH]c2cc(-c3ccccc3C(=O)OC)ccc12. The summed E-state index contributed by atoms with van der Waals surface area (Å²) in [6, 6.07) is 13.3. The zero-order chi connectivity index (χ0) is 14.8. The molecule has 1 N–H and O–H groups in total. The molecule has 3 aromatic rings. The minimum atomic E-state index is -0.346. The Morgan fingerprint density at radius 1 is 1.24 bits per heavy atom. The second-order valence-corrected chi connectivity index (χ2v) is 4.64. The molecule has 1 heterocycles. The van der Waals surface area contributed by atoms with Gasteiger partial charge in [-0.15, -0.1) is 6.42 Å². The van der Waals surface area contributed by atoms with E-state index < -0.39 is 0 Å². The first-order valence-corrected chi connectivity index (χ1v) is 6.50. The highest BCUT2D eigenvalue weighted by molar-refractivity contribution is 5.99. The maximum atomic E-state index is 11.9. The van der Waals surface area contributed by atoms with Crippen molar-refractivity contribution in [2.24, 2.45) is 0 Å². The summed E-state index contributed by atoms with van der Waals surface area (Å²) >= 11 is 0. The predicted octanol–water partition coefficient (Wildman–Crippen LogP) is 3.60. The van der Waals surface area contributed by atoms with Gasteiger partial charge in [0.1, 0.15) is 0 Å². The van der Waals surface area contributed by atoms with Gasteiger partial charge in [0.05, 0.1) is 12.7 Å². The first-order chi connectivity index (χ1) is 10.2. The summed E-state index contributed by atoms with van der Waals surface area (Å²) in [5, 5.41) is 0.997. The van der Waals surface area contributed by atoms with Crippen molar-refractivity contribution in [1.29, 1.82) is 0 Å². The van der Waals surface area contributed by atoms with Gasteiger partial charge in [-0.05, 0) is 23.3 Å². The van der Waals surface area contributed by atoms with Gasteiger partial charge in [0.2, 0.25) is 0 Å². The van der Waals surface area contributed by atoms with Crippen LogP contribution in [-0.4, -0.2) is 18.1 Å². The molecule has 0 radical (unpaired) electrons. The lowest BCUT2D eigenvalue weighted by molar-refractivity contribution is 0.0601. The van der Waals surface area contributed by atoms with Crippen LogP contribution in [0.1, 0.15) is 15.9 Å². The van der Waals surface area contributed by atoms with Crippen LogP contribution < -0.4 is 0 Å². The summed E-state index contributed by atoms with van der Waals surface area (Å²) < 4.78 is 4.83. The van der Waals surface area contributed by atoms with Crippen LogP contribution in [0.3, 0.4) is 0 Å². The van der Waals surface area contributed by atoms with E-state index in [9.17, 15) is 4.79 Å². The second kappa shape index (κ2) is 5.18. The molecule has 0 aliphatic heterocycles. The predicted molar refractivity (Wildman–Crippen MR) is 83.0 cm³/mol. The summed E-state index contributed by atoms with van der Waals surface area (Å²) in [4.78, 5) is 15.0. The van der Waals surface area contributed by atoms with Crippen LogP contribution >= 0.6 is 0 Å². The molecular formula is C18H13NO2. The molecule has 21 heavy (non-hydrogen) atoms. The lowest BCUT2D eigenvalue weighted by atomic mass is 9.98. The quantitative estimate of drug-likeness (QED) is 0.573. The lowest BCUT2D eigenvalue weighted by Crippen LogP contribution is -2.03. The molecule has 0 bridgehead atoms. The van der Waals surface area contributed by atoms with Crippen molar-refractivity contribution >= 4 is 16.9 Å². The molecule has 0 saturated carbocycles. The van der Waals surface area contributed by atoms with E-state index in [0.29, 0.717) is 5.56 Å². The smallest absolute Gasteiger partial charge is 0.338 e. The molecular weight excluding hydrogens is 262 g/mol. The van der Waals surface area contributed by atoms with Crippen molar-refractivity contribution in [1.82, 2.24) is 4.98 Å². The van der Waals surface area contributed by atoms with Gasteiger partial charge >= 0.3 is 5.97 Å². The number of terminal acetylenes is 1. The van der Waals surface area contributed by atoms with Crippen molar-refractivity contribution in [3.8, 4) is 23.5 Å². The minimum absolute atomic E-state index is 0.346. The third-order valence-corrected chi connectivity index (χ3v) is 3.48. The topological polar surface area (TPSA) is 42.1 Å². The molecule has 2 aromatic carbocycles. The second-order valence-electron chi connectivity index (χ2n) is 4.64. The molecule has 102 valence electrons. The molecule has 0 atom stereocenters.